The van der Waals surface area contributed by atoms with Crippen molar-refractivity contribution in [2.75, 3.05) is 6.61 Å². The quantitative estimate of drug-likeness (QED) is 0.834. The molecule has 112 valence electrons. The largest absolute Gasteiger partial charge is 0.492 e. The first-order chi connectivity index (χ1) is 10.0. The summed E-state index contributed by atoms with van der Waals surface area (Å²) in [6.45, 7) is 7.01. The molecular weight excluding hydrogens is 326 g/mol. The zero-order valence-electron chi connectivity index (χ0n) is 12.8. The van der Waals surface area contributed by atoms with Crippen molar-refractivity contribution < 1.29 is 4.74 Å². The van der Waals surface area contributed by atoms with E-state index in [1.165, 1.54) is 11.1 Å². The monoisotopic (exact) mass is 347 g/mol. The number of nitrogens with two attached hydrogens (primary N) is 1. The van der Waals surface area contributed by atoms with E-state index in [0.29, 0.717) is 0 Å². The third-order valence-electron chi connectivity index (χ3n) is 3.38. The van der Waals surface area contributed by atoms with Gasteiger partial charge in [0.15, 0.2) is 0 Å². The number of hydrogen-bond donors (Lipinski definition) is 1. The van der Waals surface area contributed by atoms with E-state index in [4.69, 9.17) is 10.5 Å². The Hall–Kier alpha value is -1.32. The van der Waals surface area contributed by atoms with Crippen LogP contribution in [0.15, 0.2) is 40.9 Å². The van der Waals surface area contributed by atoms with Gasteiger partial charge >= 0.3 is 0 Å². The number of ether oxygens (including phenoxy) is 1. The topological polar surface area (TPSA) is 35.2 Å². The van der Waals surface area contributed by atoms with Crippen LogP contribution in [-0.4, -0.2) is 6.61 Å². The number of aryl methyl sites for hydroxylation is 2. The minimum absolute atomic E-state index is 0.125. The first kappa shape index (κ1) is 16.1. The third kappa shape index (κ3) is 4.08. The van der Waals surface area contributed by atoms with Gasteiger partial charge in [0.1, 0.15) is 5.75 Å². The summed E-state index contributed by atoms with van der Waals surface area (Å²) in [5.41, 5.74) is 11.1. The van der Waals surface area contributed by atoms with Crippen LogP contribution in [0.25, 0.3) is 0 Å². The molecule has 0 saturated carbocycles. The molecule has 0 aromatic heterocycles. The Kier molecular flexibility index (Phi) is 5.43. The van der Waals surface area contributed by atoms with Crippen molar-refractivity contribution in [3.8, 4) is 5.75 Å². The molecule has 3 heteroatoms. The lowest BCUT2D eigenvalue weighted by Gasteiger charge is -2.16. The second-order valence-electron chi connectivity index (χ2n) is 5.44. The van der Waals surface area contributed by atoms with Crippen LogP contribution in [0.3, 0.4) is 0 Å². The molecule has 2 aromatic rings. The third-order valence-corrected chi connectivity index (χ3v) is 4.00. The summed E-state index contributed by atoms with van der Waals surface area (Å²) in [6.07, 6.45) is 0.996. The minimum atomic E-state index is -0.125. The predicted octanol–water partition coefficient (Wildman–Crippen LogP) is 4.90. The molecule has 0 aliphatic heterocycles. The molecule has 1 unspecified atom stereocenters. The van der Waals surface area contributed by atoms with Crippen LogP contribution >= 0.6 is 15.9 Å². The van der Waals surface area contributed by atoms with E-state index in [-0.39, 0.29) is 6.04 Å². The van der Waals surface area contributed by atoms with Crippen molar-refractivity contribution in [1.29, 1.82) is 0 Å². The Balaban J connectivity index is 2.26. The van der Waals surface area contributed by atoms with Crippen LogP contribution < -0.4 is 10.5 Å². The van der Waals surface area contributed by atoms with E-state index in [2.05, 4.69) is 54.9 Å². The van der Waals surface area contributed by atoms with E-state index in [1.54, 1.807) is 0 Å². The Labute approximate surface area is 135 Å². The lowest BCUT2D eigenvalue weighted by molar-refractivity contribution is 0.315. The maximum Gasteiger partial charge on any atom is 0.133 e. The van der Waals surface area contributed by atoms with E-state index in [1.807, 2.05) is 18.2 Å². The summed E-state index contributed by atoms with van der Waals surface area (Å²) in [6, 6.07) is 12.4. The number of hydrogen-bond acceptors (Lipinski definition) is 2. The molecule has 2 rings (SSSR count). The lowest BCUT2D eigenvalue weighted by Crippen LogP contribution is -2.12. The average Bonchev–Trinajstić information content (AvgIpc) is 2.44. The highest BCUT2D eigenvalue weighted by Crippen LogP contribution is 2.30. The van der Waals surface area contributed by atoms with Crippen LogP contribution in [0.5, 0.6) is 5.75 Å². The number of halogens is 1. The molecule has 0 saturated heterocycles. The van der Waals surface area contributed by atoms with Gasteiger partial charge in [-0.1, -0.05) is 42.3 Å². The van der Waals surface area contributed by atoms with Gasteiger partial charge in [-0.05, 0) is 59.5 Å². The highest BCUT2D eigenvalue weighted by Gasteiger charge is 2.12. The highest BCUT2D eigenvalue weighted by molar-refractivity contribution is 9.10. The predicted molar refractivity (Wildman–Crippen MR) is 91.9 cm³/mol. The molecule has 21 heavy (non-hydrogen) atoms. The Bertz CT molecular complexity index is 604. The maximum atomic E-state index is 6.41. The molecule has 2 nitrogen and oxygen atoms in total. The smallest absolute Gasteiger partial charge is 0.133 e. The molecule has 2 aromatic carbocycles. The molecular formula is C18H22BrNO. The lowest BCUT2D eigenvalue weighted by atomic mass is 9.96. The van der Waals surface area contributed by atoms with Crippen molar-refractivity contribution >= 4 is 15.9 Å². The van der Waals surface area contributed by atoms with Crippen molar-refractivity contribution in [3.63, 3.8) is 0 Å². The highest BCUT2D eigenvalue weighted by atomic mass is 79.9. The van der Waals surface area contributed by atoms with Crippen LogP contribution in [0.4, 0.5) is 0 Å². The standard InChI is InChI=1S/C18H22BrNO/c1-4-7-21-17-6-5-14(11-16(17)19)18(20)15-9-12(2)8-13(3)10-15/h5-6,8-11,18H,4,7,20H2,1-3H3. The van der Waals surface area contributed by atoms with E-state index >= 15 is 0 Å². The second kappa shape index (κ2) is 7.10. The number of benzene rings is 2. The van der Waals surface area contributed by atoms with Gasteiger partial charge in [0.25, 0.3) is 0 Å². The van der Waals surface area contributed by atoms with Gasteiger partial charge in [0.2, 0.25) is 0 Å². The van der Waals surface area contributed by atoms with Gasteiger partial charge in [-0.3, -0.25) is 0 Å². The van der Waals surface area contributed by atoms with Gasteiger partial charge < -0.3 is 10.5 Å². The number of rotatable bonds is 5. The molecule has 0 radical (unpaired) electrons. The molecule has 0 spiro atoms. The minimum Gasteiger partial charge on any atom is -0.492 e. The zero-order chi connectivity index (χ0) is 15.4. The Morgan fingerprint density at radius 1 is 1.05 bits per heavy atom. The normalized spacial score (nSPS) is 12.2. The van der Waals surface area contributed by atoms with Crippen LogP contribution in [-0.2, 0) is 0 Å². The first-order valence-corrected chi connectivity index (χ1v) is 8.06. The van der Waals surface area contributed by atoms with Crippen molar-refractivity contribution in [2.45, 2.75) is 33.2 Å². The fraction of sp³-hybridized carbons (Fsp3) is 0.333. The summed E-state index contributed by atoms with van der Waals surface area (Å²) in [7, 11) is 0. The summed E-state index contributed by atoms with van der Waals surface area (Å²) in [5.74, 6) is 0.869. The van der Waals surface area contributed by atoms with Gasteiger partial charge in [0, 0.05) is 0 Å². The molecule has 0 heterocycles. The van der Waals surface area contributed by atoms with Gasteiger partial charge in [-0.2, -0.15) is 0 Å². The fourth-order valence-corrected chi connectivity index (χ4v) is 2.93. The summed E-state index contributed by atoms with van der Waals surface area (Å²) in [4.78, 5) is 0. The second-order valence-corrected chi connectivity index (χ2v) is 6.29. The maximum absolute atomic E-state index is 6.41. The molecule has 2 N–H and O–H groups in total. The summed E-state index contributed by atoms with van der Waals surface area (Å²) < 4.78 is 6.63. The fourth-order valence-electron chi connectivity index (χ4n) is 2.42. The van der Waals surface area contributed by atoms with Crippen molar-refractivity contribution in [3.05, 3.63) is 63.1 Å². The molecule has 0 aliphatic rings. The van der Waals surface area contributed by atoms with E-state index in [9.17, 15) is 0 Å². The van der Waals surface area contributed by atoms with Crippen molar-refractivity contribution in [2.24, 2.45) is 5.73 Å². The van der Waals surface area contributed by atoms with Gasteiger partial charge in [0.05, 0.1) is 17.1 Å². The van der Waals surface area contributed by atoms with Gasteiger partial charge in [-0.25, -0.2) is 0 Å². The van der Waals surface area contributed by atoms with Crippen LogP contribution in [0.2, 0.25) is 0 Å². The first-order valence-electron chi connectivity index (χ1n) is 7.27. The van der Waals surface area contributed by atoms with Crippen molar-refractivity contribution in [1.82, 2.24) is 0 Å². The average molecular weight is 348 g/mol. The summed E-state index contributed by atoms with van der Waals surface area (Å²) >= 11 is 3.57. The van der Waals surface area contributed by atoms with E-state index < -0.39 is 0 Å². The van der Waals surface area contributed by atoms with Crippen LogP contribution in [0.1, 0.15) is 41.6 Å². The molecule has 0 bridgehead atoms. The van der Waals surface area contributed by atoms with E-state index in [0.717, 1.165) is 34.4 Å². The molecule has 0 fully saturated rings. The SMILES string of the molecule is CCCOc1ccc(C(N)c2cc(C)cc(C)c2)cc1Br. The van der Waals surface area contributed by atoms with Crippen LogP contribution in [0, 0.1) is 13.8 Å². The summed E-state index contributed by atoms with van der Waals surface area (Å²) in [5, 5.41) is 0. The molecule has 0 amide bonds. The zero-order valence-corrected chi connectivity index (χ0v) is 14.4. The molecule has 1 atom stereocenters. The Morgan fingerprint density at radius 3 is 2.29 bits per heavy atom. The van der Waals surface area contributed by atoms with Gasteiger partial charge in [-0.15, -0.1) is 0 Å². The Morgan fingerprint density at radius 2 is 1.71 bits per heavy atom. The molecule has 0 aliphatic carbocycles.